The van der Waals surface area contributed by atoms with Crippen LogP contribution in [-0.2, 0) is 9.59 Å². The molecule has 3 atom stereocenters. The minimum absolute atomic E-state index is 0.0205. The van der Waals surface area contributed by atoms with Gasteiger partial charge in [-0.15, -0.1) is 0 Å². The van der Waals surface area contributed by atoms with Crippen LogP contribution in [0, 0.1) is 11.8 Å². The number of nitrogens with two attached hydrogens (primary N) is 1. The molecule has 1 heterocycles. The first-order valence-electron chi connectivity index (χ1n) is 5.98. The normalized spacial score (nSPS) is 33.8. The van der Waals surface area contributed by atoms with Gasteiger partial charge in [0.2, 0.25) is 11.8 Å². The maximum atomic E-state index is 12.0. The summed E-state index contributed by atoms with van der Waals surface area (Å²) in [4.78, 5) is 23.0. The Labute approximate surface area is 95.1 Å². The van der Waals surface area contributed by atoms with Crippen LogP contribution < -0.4 is 16.4 Å². The predicted octanol–water partition coefficient (Wildman–Crippen LogP) is -0.634. The smallest absolute Gasteiger partial charge is 0.223 e. The summed E-state index contributed by atoms with van der Waals surface area (Å²) in [7, 11) is 0. The molecule has 16 heavy (non-hydrogen) atoms. The molecule has 1 aliphatic heterocycles. The Balaban J connectivity index is 1.85. The zero-order chi connectivity index (χ0) is 11.5. The molecule has 5 nitrogen and oxygen atoms in total. The summed E-state index contributed by atoms with van der Waals surface area (Å²) in [6, 6.07) is -0.0287. The van der Waals surface area contributed by atoms with Gasteiger partial charge in [0.15, 0.2) is 0 Å². The van der Waals surface area contributed by atoms with Crippen LogP contribution in [-0.4, -0.2) is 30.9 Å². The van der Waals surface area contributed by atoms with Gasteiger partial charge in [0.05, 0.1) is 6.04 Å². The van der Waals surface area contributed by atoms with Crippen LogP contribution in [0.1, 0.15) is 25.7 Å². The SMILES string of the molecule is NCC1CCCC1C(=O)NC1CNC(=O)C1. The number of hydrogen-bond donors (Lipinski definition) is 3. The summed E-state index contributed by atoms with van der Waals surface area (Å²) in [5.74, 6) is 0.479. The fraction of sp³-hybridized carbons (Fsp3) is 0.818. The molecular weight excluding hydrogens is 206 g/mol. The maximum Gasteiger partial charge on any atom is 0.223 e. The Morgan fingerprint density at radius 1 is 1.50 bits per heavy atom. The molecule has 0 bridgehead atoms. The quantitative estimate of drug-likeness (QED) is 0.597. The molecule has 4 N–H and O–H groups in total. The highest BCUT2D eigenvalue weighted by atomic mass is 16.2. The third-order valence-corrected chi connectivity index (χ3v) is 3.62. The molecule has 2 aliphatic rings. The van der Waals surface area contributed by atoms with Crippen molar-refractivity contribution >= 4 is 11.8 Å². The molecule has 2 fully saturated rings. The van der Waals surface area contributed by atoms with E-state index < -0.39 is 0 Å². The van der Waals surface area contributed by atoms with Crippen molar-refractivity contribution in [1.29, 1.82) is 0 Å². The Hall–Kier alpha value is -1.10. The molecule has 2 rings (SSSR count). The van der Waals surface area contributed by atoms with Gasteiger partial charge in [-0.3, -0.25) is 9.59 Å². The standard InChI is InChI=1S/C11H19N3O2/c12-5-7-2-1-3-9(7)11(16)14-8-4-10(15)13-6-8/h7-9H,1-6,12H2,(H,13,15)(H,14,16). The zero-order valence-electron chi connectivity index (χ0n) is 9.37. The van der Waals surface area contributed by atoms with Crippen molar-refractivity contribution < 1.29 is 9.59 Å². The Kier molecular flexibility index (Phi) is 3.43. The summed E-state index contributed by atoms with van der Waals surface area (Å²) >= 11 is 0. The topological polar surface area (TPSA) is 84.2 Å². The van der Waals surface area contributed by atoms with Crippen LogP contribution in [0.2, 0.25) is 0 Å². The second-order valence-electron chi connectivity index (χ2n) is 4.75. The lowest BCUT2D eigenvalue weighted by Crippen LogP contribution is -2.42. The Morgan fingerprint density at radius 3 is 2.94 bits per heavy atom. The van der Waals surface area contributed by atoms with E-state index in [0.29, 0.717) is 25.4 Å². The van der Waals surface area contributed by atoms with E-state index >= 15 is 0 Å². The average molecular weight is 225 g/mol. The molecule has 2 amide bonds. The second kappa shape index (κ2) is 4.82. The first-order chi connectivity index (χ1) is 7.70. The summed E-state index contributed by atoms with van der Waals surface area (Å²) in [6.45, 7) is 1.14. The molecule has 1 saturated carbocycles. The third-order valence-electron chi connectivity index (χ3n) is 3.62. The van der Waals surface area contributed by atoms with E-state index in [1.54, 1.807) is 0 Å². The molecular formula is C11H19N3O2. The number of nitrogens with one attached hydrogen (secondary N) is 2. The van der Waals surface area contributed by atoms with E-state index in [4.69, 9.17) is 5.73 Å². The third kappa shape index (κ3) is 2.35. The fourth-order valence-corrected chi connectivity index (χ4v) is 2.68. The largest absolute Gasteiger partial charge is 0.354 e. The van der Waals surface area contributed by atoms with Crippen LogP contribution in [0.15, 0.2) is 0 Å². The number of carbonyl (C=O) groups excluding carboxylic acids is 2. The van der Waals surface area contributed by atoms with Gasteiger partial charge in [0.25, 0.3) is 0 Å². The van der Waals surface area contributed by atoms with Gasteiger partial charge in [-0.05, 0) is 25.3 Å². The van der Waals surface area contributed by atoms with Crippen molar-refractivity contribution in [1.82, 2.24) is 10.6 Å². The lowest BCUT2D eigenvalue weighted by Gasteiger charge is -2.19. The van der Waals surface area contributed by atoms with Crippen LogP contribution >= 0.6 is 0 Å². The van der Waals surface area contributed by atoms with Crippen LogP contribution in [0.5, 0.6) is 0 Å². The van der Waals surface area contributed by atoms with Gasteiger partial charge in [-0.1, -0.05) is 6.42 Å². The highest BCUT2D eigenvalue weighted by Gasteiger charge is 2.33. The minimum Gasteiger partial charge on any atom is -0.354 e. The van der Waals surface area contributed by atoms with Crippen LogP contribution in [0.25, 0.3) is 0 Å². The average Bonchev–Trinajstić information content (AvgIpc) is 2.86. The first-order valence-corrected chi connectivity index (χ1v) is 5.98. The predicted molar refractivity (Wildman–Crippen MR) is 59.4 cm³/mol. The molecule has 0 aromatic carbocycles. The first kappa shape index (κ1) is 11.4. The van der Waals surface area contributed by atoms with E-state index in [1.807, 2.05) is 0 Å². The van der Waals surface area contributed by atoms with Crippen molar-refractivity contribution in [2.75, 3.05) is 13.1 Å². The molecule has 90 valence electrons. The van der Waals surface area contributed by atoms with E-state index in [0.717, 1.165) is 19.3 Å². The lowest BCUT2D eigenvalue weighted by atomic mass is 9.95. The molecule has 0 radical (unpaired) electrons. The summed E-state index contributed by atoms with van der Waals surface area (Å²) < 4.78 is 0. The van der Waals surface area contributed by atoms with E-state index in [9.17, 15) is 9.59 Å². The van der Waals surface area contributed by atoms with Gasteiger partial charge < -0.3 is 16.4 Å². The molecule has 0 aromatic heterocycles. The summed E-state index contributed by atoms with van der Waals surface area (Å²) in [6.07, 6.45) is 3.48. The number of carbonyl (C=O) groups is 2. The van der Waals surface area contributed by atoms with Crippen molar-refractivity contribution in [2.24, 2.45) is 17.6 Å². The van der Waals surface area contributed by atoms with Crippen molar-refractivity contribution in [2.45, 2.75) is 31.7 Å². The monoisotopic (exact) mass is 225 g/mol. The molecule has 0 spiro atoms. The lowest BCUT2D eigenvalue weighted by molar-refractivity contribution is -0.126. The zero-order valence-corrected chi connectivity index (χ0v) is 9.37. The second-order valence-corrected chi connectivity index (χ2v) is 4.75. The fourth-order valence-electron chi connectivity index (χ4n) is 2.68. The summed E-state index contributed by atoms with van der Waals surface area (Å²) in [5.41, 5.74) is 5.65. The van der Waals surface area contributed by atoms with Crippen molar-refractivity contribution in [3.05, 3.63) is 0 Å². The van der Waals surface area contributed by atoms with Gasteiger partial charge in [0, 0.05) is 18.9 Å². The number of rotatable bonds is 3. The van der Waals surface area contributed by atoms with Crippen molar-refractivity contribution in [3.8, 4) is 0 Å². The van der Waals surface area contributed by atoms with E-state index in [2.05, 4.69) is 10.6 Å². The molecule has 3 unspecified atom stereocenters. The summed E-state index contributed by atoms with van der Waals surface area (Å²) in [5, 5.41) is 5.65. The van der Waals surface area contributed by atoms with Gasteiger partial charge >= 0.3 is 0 Å². The Bertz CT molecular complexity index is 293. The maximum absolute atomic E-state index is 12.0. The molecule has 0 aromatic rings. The molecule has 1 aliphatic carbocycles. The Morgan fingerprint density at radius 2 is 2.31 bits per heavy atom. The number of hydrogen-bond acceptors (Lipinski definition) is 3. The van der Waals surface area contributed by atoms with Crippen molar-refractivity contribution in [3.63, 3.8) is 0 Å². The van der Waals surface area contributed by atoms with Crippen LogP contribution in [0.4, 0.5) is 0 Å². The molecule has 5 heteroatoms. The van der Waals surface area contributed by atoms with E-state index in [-0.39, 0.29) is 23.8 Å². The van der Waals surface area contributed by atoms with Gasteiger partial charge in [-0.25, -0.2) is 0 Å². The molecule has 1 saturated heterocycles. The highest BCUT2D eigenvalue weighted by molar-refractivity contribution is 5.83. The highest BCUT2D eigenvalue weighted by Crippen LogP contribution is 2.31. The van der Waals surface area contributed by atoms with Crippen LogP contribution in [0.3, 0.4) is 0 Å². The van der Waals surface area contributed by atoms with Gasteiger partial charge in [0.1, 0.15) is 0 Å². The number of amides is 2. The minimum atomic E-state index is -0.0287. The van der Waals surface area contributed by atoms with E-state index in [1.165, 1.54) is 0 Å². The van der Waals surface area contributed by atoms with Gasteiger partial charge in [-0.2, -0.15) is 0 Å².